The van der Waals surface area contributed by atoms with Crippen LogP contribution in [0.25, 0.3) is 10.1 Å². The summed E-state index contributed by atoms with van der Waals surface area (Å²) in [5, 5.41) is 12.9. The molecule has 122 valence electrons. The maximum Gasteiger partial charge on any atom is 0.346 e. The Morgan fingerprint density at radius 1 is 1.25 bits per heavy atom. The largest absolute Gasteiger partial charge is 0.477 e. The first-order valence-electron chi connectivity index (χ1n) is 7.16. The summed E-state index contributed by atoms with van der Waals surface area (Å²) in [5.74, 6) is -1.44. The van der Waals surface area contributed by atoms with Gasteiger partial charge in [-0.25, -0.2) is 4.79 Å². The van der Waals surface area contributed by atoms with Gasteiger partial charge in [0, 0.05) is 41.7 Å². The molecule has 3 aromatic rings. The molecule has 0 bridgehead atoms. The number of carbonyl (C=O) groups excluding carboxylic acids is 1. The molecule has 0 atom stereocenters. The zero-order valence-corrected chi connectivity index (χ0v) is 13.6. The number of aromatic nitrogens is 1. The third-order valence-corrected chi connectivity index (χ3v) is 4.89. The molecule has 0 spiro atoms. The van der Waals surface area contributed by atoms with Crippen LogP contribution in [0.3, 0.4) is 0 Å². The monoisotopic (exact) mass is 342 g/mol. The summed E-state index contributed by atoms with van der Waals surface area (Å²) in [6.07, 6.45) is 1.51. The van der Waals surface area contributed by atoms with Crippen molar-refractivity contribution in [1.82, 2.24) is 9.88 Å². The summed E-state index contributed by atoms with van der Waals surface area (Å²) in [5.41, 5.74) is 0.532. The van der Waals surface area contributed by atoms with Crippen molar-refractivity contribution in [3.8, 4) is 0 Å². The second kappa shape index (κ2) is 6.29. The molecule has 1 aromatic carbocycles. The number of carboxylic acids is 1. The molecular weight excluding hydrogens is 328 g/mol. The second-order valence-electron chi connectivity index (χ2n) is 5.26. The van der Waals surface area contributed by atoms with E-state index in [4.69, 9.17) is 0 Å². The Bertz CT molecular complexity index is 1000. The van der Waals surface area contributed by atoms with E-state index in [9.17, 15) is 19.5 Å². The van der Waals surface area contributed by atoms with Crippen molar-refractivity contribution in [2.24, 2.45) is 7.05 Å². The Labute approximate surface area is 141 Å². The standard InChI is InChI=1S/C17H14N2O4S/c1-19-7-6-10(8-14(19)20)16(21)18-9-12-11-4-2-3-5-13(11)24-15(12)17(22)23/h2-8H,9H2,1H3,(H,18,21)(H,22,23). The lowest BCUT2D eigenvalue weighted by Crippen LogP contribution is -2.26. The zero-order valence-electron chi connectivity index (χ0n) is 12.8. The third kappa shape index (κ3) is 2.93. The maximum absolute atomic E-state index is 12.2. The van der Waals surface area contributed by atoms with Gasteiger partial charge in [-0.05, 0) is 17.5 Å². The number of thiophene rings is 1. The van der Waals surface area contributed by atoms with Crippen LogP contribution in [-0.2, 0) is 13.6 Å². The lowest BCUT2D eigenvalue weighted by molar-refractivity contribution is 0.0700. The van der Waals surface area contributed by atoms with E-state index in [1.807, 2.05) is 24.3 Å². The van der Waals surface area contributed by atoms with E-state index in [1.165, 1.54) is 28.2 Å². The molecule has 0 aliphatic rings. The number of hydrogen-bond donors (Lipinski definition) is 2. The number of carboxylic acid groups (broad SMARTS) is 1. The molecule has 0 aliphatic carbocycles. The maximum atomic E-state index is 12.2. The number of amides is 1. The number of nitrogens with zero attached hydrogens (tertiary/aromatic N) is 1. The fraction of sp³-hybridized carbons (Fsp3) is 0.118. The van der Waals surface area contributed by atoms with Gasteiger partial charge in [-0.15, -0.1) is 11.3 Å². The minimum absolute atomic E-state index is 0.0830. The summed E-state index contributed by atoms with van der Waals surface area (Å²) in [6, 6.07) is 10.1. The molecule has 6 nitrogen and oxygen atoms in total. The van der Waals surface area contributed by atoms with Gasteiger partial charge in [0.15, 0.2) is 0 Å². The highest BCUT2D eigenvalue weighted by Crippen LogP contribution is 2.31. The molecule has 0 saturated heterocycles. The Balaban J connectivity index is 1.88. The molecule has 0 radical (unpaired) electrons. The fourth-order valence-corrected chi connectivity index (χ4v) is 3.47. The number of rotatable bonds is 4. The number of aromatic carboxylic acids is 1. The summed E-state index contributed by atoms with van der Waals surface area (Å²) in [7, 11) is 1.60. The van der Waals surface area contributed by atoms with E-state index in [0.29, 0.717) is 5.56 Å². The summed E-state index contributed by atoms with van der Waals surface area (Å²) >= 11 is 1.18. The number of fused-ring (bicyclic) bond motifs is 1. The third-order valence-electron chi connectivity index (χ3n) is 3.68. The average Bonchev–Trinajstić information content (AvgIpc) is 2.94. The number of benzene rings is 1. The molecular formula is C17H14N2O4S. The molecule has 2 aromatic heterocycles. The van der Waals surface area contributed by atoms with Crippen molar-refractivity contribution in [2.45, 2.75) is 6.54 Å². The van der Waals surface area contributed by atoms with Gasteiger partial charge in [0.05, 0.1) is 0 Å². The van der Waals surface area contributed by atoms with E-state index in [0.717, 1.165) is 10.1 Å². The molecule has 2 N–H and O–H groups in total. The number of nitrogens with one attached hydrogen (secondary N) is 1. The first kappa shape index (κ1) is 15.9. The number of hydrogen-bond acceptors (Lipinski definition) is 4. The molecule has 0 fully saturated rings. The predicted octanol–water partition coefficient (Wildman–Crippen LogP) is 2.23. The van der Waals surface area contributed by atoms with Crippen LogP contribution in [0.5, 0.6) is 0 Å². The van der Waals surface area contributed by atoms with Gasteiger partial charge < -0.3 is 15.0 Å². The number of aryl methyl sites for hydroxylation is 1. The van der Waals surface area contributed by atoms with Gasteiger partial charge in [0.2, 0.25) is 0 Å². The van der Waals surface area contributed by atoms with Crippen LogP contribution in [0.1, 0.15) is 25.6 Å². The smallest absolute Gasteiger partial charge is 0.346 e. The van der Waals surface area contributed by atoms with Crippen LogP contribution in [0.4, 0.5) is 0 Å². The van der Waals surface area contributed by atoms with Gasteiger partial charge in [-0.2, -0.15) is 0 Å². The van der Waals surface area contributed by atoms with Crippen LogP contribution < -0.4 is 10.9 Å². The minimum atomic E-state index is -1.02. The van der Waals surface area contributed by atoms with Crippen molar-refractivity contribution in [2.75, 3.05) is 0 Å². The van der Waals surface area contributed by atoms with Gasteiger partial charge in [0.25, 0.3) is 11.5 Å². The second-order valence-corrected chi connectivity index (χ2v) is 6.31. The van der Waals surface area contributed by atoms with Crippen molar-refractivity contribution in [3.63, 3.8) is 0 Å². The fourth-order valence-electron chi connectivity index (χ4n) is 2.41. The van der Waals surface area contributed by atoms with Crippen molar-refractivity contribution in [1.29, 1.82) is 0 Å². The lowest BCUT2D eigenvalue weighted by Gasteiger charge is -2.06. The number of carbonyl (C=O) groups is 2. The van der Waals surface area contributed by atoms with Crippen LogP contribution in [-0.4, -0.2) is 21.6 Å². The first-order chi connectivity index (χ1) is 11.5. The highest BCUT2D eigenvalue weighted by molar-refractivity contribution is 7.21. The number of pyridine rings is 1. The highest BCUT2D eigenvalue weighted by Gasteiger charge is 2.18. The van der Waals surface area contributed by atoms with Crippen LogP contribution in [0, 0.1) is 0 Å². The minimum Gasteiger partial charge on any atom is -0.477 e. The van der Waals surface area contributed by atoms with E-state index in [1.54, 1.807) is 13.1 Å². The Morgan fingerprint density at radius 3 is 2.71 bits per heavy atom. The van der Waals surface area contributed by atoms with Gasteiger partial charge >= 0.3 is 5.97 Å². The van der Waals surface area contributed by atoms with Crippen molar-refractivity contribution in [3.05, 3.63) is 69.0 Å². The zero-order chi connectivity index (χ0) is 17.3. The molecule has 1 amide bonds. The topological polar surface area (TPSA) is 88.4 Å². The van der Waals surface area contributed by atoms with E-state index >= 15 is 0 Å². The molecule has 0 unspecified atom stereocenters. The quantitative estimate of drug-likeness (QED) is 0.761. The Kier molecular flexibility index (Phi) is 4.18. The molecule has 0 aliphatic heterocycles. The molecule has 24 heavy (non-hydrogen) atoms. The van der Waals surface area contributed by atoms with Gasteiger partial charge in [0.1, 0.15) is 4.88 Å². The van der Waals surface area contributed by atoms with Crippen molar-refractivity contribution >= 4 is 33.3 Å². The Morgan fingerprint density at radius 2 is 2.00 bits per heavy atom. The molecule has 7 heteroatoms. The molecule has 2 heterocycles. The summed E-state index contributed by atoms with van der Waals surface area (Å²) in [4.78, 5) is 35.5. The van der Waals surface area contributed by atoms with Crippen LogP contribution in [0.15, 0.2) is 47.4 Å². The highest BCUT2D eigenvalue weighted by atomic mass is 32.1. The SMILES string of the molecule is Cn1ccc(C(=O)NCc2c(C(=O)O)sc3ccccc23)cc1=O. The summed E-state index contributed by atoms with van der Waals surface area (Å²) < 4.78 is 2.22. The van der Waals surface area contributed by atoms with Crippen molar-refractivity contribution < 1.29 is 14.7 Å². The summed E-state index contributed by atoms with van der Waals surface area (Å²) in [6.45, 7) is 0.0830. The van der Waals surface area contributed by atoms with Crippen LogP contribution in [0.2, 0.25) is 0 Å². The predicted molar refractivity (Wildman–Crippen MR) is 91.6 cm³/mol. The first-order valence-corrected chi connectivity index (χ1v) is 7.97. The van der Waals surface area contributed by atoms with E-state index in [2.05, 4.69) is 5.32 Å². The van der Waals surface area contributed by atoms with Gasteiger partial charge in [-0.3, -0.25) is 9.59 Å². The van der Waals surface area contributed by atoms with Crippen LogP contribution >= 0.6 is 11.3 Å². The normalized spacial score (nSPS) is 10.7. The van der Waals surface area contributed by atoms with E-state index < -0.39 is 11.9 Å². The average molecular weight is 342 g/mol. The lowest BCUT2D eigenvalue weighted by atomic mass is 10.1. The van der Waals surface area contributed by atoms with Gasteiger partial charge in [-0.1, -0.05) is 18.2 Å². The molecule has 3 rings (SSSR count). The Hall–Kier alpha value is -2.93. The van der Waals surface area contributed by atoms with E-state index in [-0.39, 0.29) is 22.5 Å². The molecule has 0 saturated carbocycles.